The van der Waals surface area contributed by atoms with Gasteiger partial charge in [0.05, 0.1) is 0 Å². The minimum Gasteiger partial charge on any atom is -0.505 e. The topological polar surface area (TPSA) is 26.3 Å². The first-order valence-electron chi connectivity index (χ1n) is 4.42. The minimum absolute atomic E-state index is 0.219. The normalized spacial score (nSPS) is 11.1. The smallest absolute Gasteiger partial charge is 0.505 e. The van der Waals surface area contributed by atoms with Gasteiger partial charge in [-0.1, -0.05) is 0 Å². The molecule has 1 aromatic carbocycles. The quantitative estimate of drug-likeness (QED) is 0.449. The molecule has 0 aliphatic carbocycles. The SMILES string of the molecule is CC(=O)/C=C(\OB(F)F)c1ccc(F)cc1. The van der Waals surface area contributed by atoms with Crippen molar-refractivity contribution >= 4 is 19.0 Å². The van der Waals surface area contributed by atoms with Crippen LogP contribution in [0.5, 0.6) is 0 Å². The van der Waals surface area contributed by atoms with Crippen LogP contribution >= 0.6 is 0 Å². The Morgan fingerprint density at radius 2 is 1.88 bits per heavy atom. The van der Waals surface area contributed by atoms with Crippen molar-refractivity contribution in [2.75, 3.05) is 0 Å². The van der Waals surface area contributed by atoms with E-state index in [1.807, 2.05) is 0 Å². The van der Waals surface area contributed by atoms with Gasteiger partial charge in [0.2, 0.25) is 0 Å². The predicted molar refractivity (Wildman–Crippen MR) is 54.1 cm³/mol. The number of allylic oxidation sites excluding steroid dienone is 1. The molecule has 0 unspecified atom stereocenters. The molecular weight excluding hydrogens is 220 g/mol. The van der Waals surface area contributed by atoms with Crippen molar-refractivity contribution < 1.29 is 22.5 Å². The van der Waals surface area contributed by atoms with E-state index in [0.29, 0.717) is 0 Å². The number of rotatable bonds is 4. The van der Waals surface area contributed by atoms with Gasteiger partial charge in [-0.15, -0.1) is 0 Å². The van der Waals surface area contributed by atoms with Gasteiger partial charge in [-0.05, 0) is 31.2 Å². The zero-order valence-corrected chi connectivity index (χ0v) is 8.41. The van der Waals surface area contributed by atoms with Crippen molar-refractivity contribution in [1.82, 2.24) is 0 Å². The highest BCUT2D eigenvalue weighted by Gasteiger charge is 2.20. The highest BCUT2D eigenvalue weighted by atomic mass is 19.2. The Hall–Kier alpha value is -1.72. The van der Waals surface area contributed by atoms with Crippen LogP contribution in [0.2, 0.25) is 0 Å². The molecule has 0 heterocycles. The van der Waals surface area contributed by atoms with Gasteiger partial charge in [0, 0.05) is 11.6 Å². The largest absolute Gasteiger partial charge is 0.796 e. The summed E-state index contributed by atoms with van der Waals surface area (Å²) in [7, 11) is -3.03. The standard InChI is InChI=1S/C10H8BF3O2/c1-7(15)6-10(16-11(13)14)8-2-4-9(12)5-3-8/h2-6H,1H3/b10-6-. The molecule has 0 aromatic heterocycles. The summed E-state index contributed by atoms with van der Waals surface area (Å²) in [6, 6.07) is 4.70. The molecule has 0 N–H and O–H groups in total. The number of hydrogen-bond donors (Lipinski definition) is 0. The van der Waals surface area contributed by atoms with E-state index in [0.717, 1.165) is 18.2 Å². The van der Waals surface area contributed by atoms with E-state index in [9.17, 15) is 17.8 Å². The minimum atomic E-state index is -3.03. The lowest BCUT2D eigenvalue weighted by atomic mass is 10.1. The van der Waals surface area contributed by atoms with Crippen molar-refractivity contribution in [1.29, 1.82) is 0 Å². The van der Waals surface area contributed by atoms with Crippen LogP contribution in [0.4, 0.5) is 13.0 Å². The van der Waals surface area contributed by atoms with Gasteiger partial charge in [-0.25, -0.2) is 13.0 Å². The molecule has 6 heteroatoms. The molecule has 0 aliphatic heterocycles. The summed E-state index contributed by atoms with van der Waals surface area (Å²) in [5, 5.41) is 0. The van der Waals surface area contributed by atoms with Crippen LogP contribution in [0.1, 0.15) is 12.5 Å². The van der Waals surface area contributed by atoms with Crippen LogP contribution in [0.15, 0.2) is 30.3 Å². The third-order valence-corrected chi connectivity index (χ3v) is 1.68. The van der Waals surface area contributed by atoms with Crippen molar-refractivity contribution in [3.8, 4) is 0 Å². The summed E-state index contributed by atoms with van der Waals surface area (Å²) < 4.78 is 40.9. The average Bonchev–Trinajstić information content (AvgIpc) is 2.16. The first-order chi connectivity index (χ1) is 7.49. The third-order valence-electron chi connectivity index (χ3n) is 1.68. The summed E-state index contributed by atoms with van der Waals surface area (Å²) in [6.45, 7) is 1.21. The monoisotopic (exact) mass is 228 g/mol. The number of carbonyl (C=O) groups is 1. The lowest BCUT2D eigenvalue weighted by Gasteiger charge is -2.07. The molecule has 0 saturated heterocycles. The molecule has 0 saturated carbocycles. The molecule has 0 aliphatic rings. The van der Waals surface area contributed by atoms with Crippen LogP contribution in [0.25, 0.3) is 5.76 Å². The number of ketones is 1. The van der Waals surface area contributed by atoms with Gasteiger partial charge in [0.1, 0.15) is 11.6 Å². The molecule has 0 atom stereocenters. The van der Waals surface area contributed by atoms with Gasteiger partial charge in [0.25, 0.3) is 0 Å². The van der Waals surface area contributed by atoms with Crippen molar-refractivity contribution in [2.45, 2.75) is 6.92 Å². The molecule has 2 nitrogen and oxygen atoms in total. The van der Waals surface area contributed by atoms with Crippen molar-refractivity contribution in [3.63, 3.8) is 0 Å². The third kappa shape index (κ3) is 3.80. The average molecular weight is 228 g/mol. The van der Waals surface area contributed by atoms with Crippen LogP contribution < -0.4 is 0 Å². The molecule has 0 radical (unpaired) electrons. The Balaban J connectivity index is 3.01. The van der Waals surface area contributed by atoms with Gasteiger partial charge in [0.15, 0.2) is 5.78 Å². The van der Waals surface area contributed by atoms with Crippen LogP contribution in [-0.2, 0) is 9.45 Å². The van der Waals surface area contributed by atoms with E-state index >= 15 is 0 Å². The fourth-order valence-electron chi connectivity index (χ4n) is 1.08. The number of halogens is 3. The van der Waals surface area contributed by atoms with Crippen molar-refractivity contribution in [3.05, 3.63) is 41.7 Å². The van der Waals surface area contributed by atoms with Crippen LogP contribution in [-0.4, -0.2) is 13.3 Å². The molecule has 0 spiro atoms. The summed E-state index contributed by atoms with van der Waals surface area (Å²) in [5.74, 6) is -1.20. The van der Waals surface area contributed by atoms with Crippen LogP contribution in [0.3, 0.4) is 0 Å². The Kier molecular flexibility index (Phi) is 4.16. The zero-order chi connectivity index (χ0) is 12.1. The second-order valence-electron chi connectivity index (χ2n) is 3.00. The van der Waals surface area contributed by atoms with Gasteiger partial charge in [-0.2, -0.15) is 0 Å². The number of carbonyl (C=O) groups excluding carboxylic acids is 1. The second kappa shape index (κ2) is 5.39. The number of benzene rings is 1. The van der Waals surface area contributed by atoms with E-state index < -0.39 is 19.1 Å². The first-order valence-corrected chi connectivity index (χ1v) is 4.42. The Morgan fingerprint density at radius 3 is 2.31 bits per heavy atom. The Morgan fingerprint density at radius 1 is 1.31 bits per heavy atom. The highest BCUT2D eigenvalue weighted by Crippen LogP contribution is 2.18. The molecule has 1 rings (SSSR count). The van der Waals surface area contributed by atoms with Gasteiger partial charge >= 0.3 is 7.47 Å². The fourth-order valence-corrected chi connectivity index (χ4v) is 1.08. The molecule has 0 fully saturated rings. The molecule has 1 aromatic rings. The predicted octanol–water partition coefficient (Wildman–Crippen LogP) is 2.70. The zero-order valence-electron chi connectivity index (χ0n) is 8.41. The molecular formula is C10H8BF3O2. The van der Waals surface area contributed by atoms with E-state index in [-0.39, 0.29) is 11.3 Å². The lowest BCUT2D eigenvalue weighted by molar-refractivity contribution is -0.112. The Labute approximate surface area is 90.9 Å². The maximum Gasteiger partial charge on any atom is 0.796 e. The van der Waals surface area contributed by atoms with Crippen LogP contribution in [0, 0.1) is 5.82 Å². The summed E-state index contributed by atoms with van der Waals surface area (Å²) >= 11 is 0. The molecule has 16 heavy (non-hydrogen) atoms. The molecule has 0 amide bonds. The van der Waals surface area contributed by atoms with Gasteiger partial charge in [-0.3, -0.25) is 4.79 Å². The highest BCUT2D eigenvalue weighted by molar-refractivity contribution is 6.36. The van der Waals surface area contributed by atoms with E-state index in [2.05, 4.69) is 4.65 Å². The maximum atomic E-state index is 12.6. The lowest BCUT2D eigenvalue weighted by Crippen LogP contribution is -2.05. The number of hydrogen-bond acceptors (Lipinski definition) is 2. The Bertz CT molecular complexity index is 401. The van der Waals surface area contributed by atoms with Gasteiger partial charge < -0.3 is 4.65 Å². The van der Waals surface area contributed by atoms with E-state index in [1.54, 1.807) is 0 Å². The fraction of sp³-hybridized carbons (Fsp3) is 0.100. The molecule has 0 bridgehead atoms. The summed E-state index contributed by atoms with van der Waals surface area (Å²) in [5.41, 5.74) is 0.219. The maximum absolute atomic E-state index is 12.6. The first kappa shape index (κ1) is 12.4. The van der Waals surface area contributed by atoms with E-state index in [1.165, 1.54) is 19.1 Å². The summed E-state index contributed by atoms with van der Waals surface area (Å²) in [4.78, 5) is 10.8. The second-order valence-corrected chi connectivity index (χ2v) is 3.00. The molecule has 84 valence electrons. The van der Waals surface area contributed by atoms with Crippen molar-refractivity contribution in [2.24, 2.45) is 0 Å². The van der Waals surface area contributed by atoms with E-state index in [4.69, 9.17) is 0 Å². The summed E-state index contributed by atoms with van der Waals surface area (Å²) in [6.07, 6.45) is 0.930.